The molecule has 1 aromatic heterocycles. The molecule has 8 nitrogen and oxygen atoms in total. The molecule has 0 aliphatic carbocycles. The first kappa shape index (κ1) is 22.0. The third kappa shape index (κ3) is 5.18. The van der Waals surface area contributed by atoms with Gasteiger partial charge in [-0.25, -0.2) is 0 Å². The van der Waals surface area contributed by atoms with Crippen LogP contribution in [0, 0.1) is 11.3 Å². The van der Waals surface area contributed by atoms with E-state index in [2.05, 4.69) is 20.4 Å². The minimum absolute atomic E-state index is 0.0211. The summed E-state index contributed by atoms with van der Waals surface area (Å²) in [5.74, 6) is 0.958. The van der Waals surface area contributed by atoms with Crippen molar-refractivity contribution in [2.24, 2.45) is 11.3 Å². The molecule has 2 saturated heterocycles. The van der Waals surface area contributed by atoms with Crippen LogP contribution in [-0.4, -0.2) is 59.2 Å². The number of likely N-dealkylation sites (tertiary alicyclic amines) is 1. The van der Waals surface area contributed by atoms with E-state index in [1.165, 1.54) is 0 Å². The molecule has 2 aliphatic rings. The van der Waals surface area contributed by atoms with Gasteiger partial charge in [0, 0.05) is 50.1 Å². The van der Waals surface area contributed by atoms with Crippen LogP contribution in [0.1, 0.15) is 33.6 Å². The molecule has 8 heteroatoms. The first-order chi connectivity index (χ1) is 15.3. The van der Waals surface area contributed by atoms with Gasteiger partial charge in [-0.1, -0.05) is 20.8 Å². The van der Waals surface area contributed by atoms with Crippen LogP contribution in [0.15, 0.2) is 42.7 Å². The van der Waals surface area contributed by atoms with E-state index in [1.807, 2.05) is 56.0 Å². The van der Waals surface area contributed by atoms with Gasteiger partial charge in [0.15, 0.2) is 0 Å². The minimum Gasteiger partial charge on any atom is -0.490 e. The molecule has 1 aromatic carbocycles. The van der Waals surface area contributed by atoms with Crippen LogP contribution in [0.25, 0.3) is 0 Å². The van der Waals surface area contributed by atoms with Gasteiger partial charge in [-0.3, -0.25) is 9.59 Å². The van der Waals surface area contributed by atoms with Crippen molar-refractivity contribution in [3.63, 3.8) is 0 Å². The number of amides is 2. The van der Waals surface area contributed by atoms with Crippen molar-refractivity contribution in [3.05, 3.63) is 42.7 Å². The Hall–Kier alpha value is -3.16. The van der Waals surface area contributed by atoms with E-state index in [9.17, 15) is 9.59 Å². The van der Waals surface area contributed by atoms with Crippen molar-refractivity contribution in [2.75, 3.05) is 36.4 Å². The summed E-state index contributed by atoms with van der Waals surface area (Å²) in [6.45, 7) is 8.67. The average molecular weight is 438 g/mol. The molecule has 2 aromatic rings. The number of anilines is 2. The Kier molecular flexibility index (Phi) is 6.30. The second-order valence-corrected chi connectivity index (χ2v) is 9.58. The quantitative estimate of drug-likeness (QED) is 0.774. The first-order valence-electron chi connectivity index (χ1n) is 11.2. The number of carbonyl (C=O) groups is 2. The molecular weight excluding hydrogens is 406 g/mol. The van der Waals surface area contributed by atoms with Crippen LogP contribution < -0.4 is 15.0 Å². The third-order valence-electron chi connectivity index (χ3n) is 5.98. The number of hydrogen-bond donors (Lipinski definition) is 1. The van der Waals surface area contributed by atoms with Crippen LogP contribution in [0.5, 0.6) is 5.75 Å². The minimum atomic E-state index is -0.345. The van der Waals surface area contributed by atoms with Crippen molar-refractivity contribution in [2.45, 2.75) is 39.7 Å². The van der Waals surface area contributed by atoms with E-state index in [-0.39, 0.29) is 29.3 Å². The van der Waals surface area contributed by atoms with E-state index < -0.39 is 0 Å². The molecule has 0 atom stereocenters. The van der Waals surface area contributed by atoms with E-state index in [0.29, 0.717) is 13.1 Å². The number of hydrogen-bond acceptors (Lipinski definition) is 6. The zero-order valence-corrected chi connectivity index (χ0v) is 19.0. The lowest BCUT2D eigenvalue weighted by atomic mass is 9.93. The molecule has 2 amide bonds. The Labute approximate surface area is 188 Å². The topological polar surface area (TPSA) is 87.7 Å². The Balaban J connectivity index is 1.21. The van der Waals surface area contributed by atoms with E-state index in [0.717, 1.165) is 43.1 Å². The standard InChI is InChI=1S/C24H31N5O3/c1-24(2,3)23(31)28-12-9-21(10-13-28)32-20-6-4-18(5-7-20)27-22(30)17-15-29(16-17)19-8-11-25-26-14-19/h4-8,11,14,17,21H,9-10,12-13,15-16H2,1-3H3,(H,27,30). The van der Waals surface area contributed by atoms with Gasteiger partial charge >= 0.3 is 0 Å². The predicted octanol–water partition coefficient (Wildman–Crippen LogP) is 2.97. The number of piperidine rings is 1. The van der Waals surface area contributed by atoms with Gasteiger partial charge in [-0.15, -0.1) is 0 Å². The molecule has 4 rings (SSSR count). The largest absolute Gasteiger partial charge is 0.490 e. The molecular formula is C24H31N5O3. The monoisotopic (exact) mass is 437 g/mol. The Morgan fingerprint density at radius 2 is 1.72 bits per heavy atom. The molecule has 0 spiro atoms. The Bertz CT molecular complexity index is 928. The molecule has 170 valence electrons. The maximum atomic E-state index is 12.5. The van der Waals surface area contributed by atoms with Crippen molar-refractivity contribution in [3.8, 4) is 5.75 Å². The summed E-state index contributed by atoms with van der Waals surface area (Å²) in [6, 6.07) is 9.41. The van der Waals surface area contributed by atoms with Crippen LogP contribution in [0.3, 0.4) is 0 Å². The van der Waals surface area contributed by atoms with Crippen molar-refractivity contribution < 1.29 is 14.3 Å². The number of carbonyl (C=O) groups excluding carboxylic acids is 2. The summed E-state index contributed by atoms with van der Waals surface area (Å²) in [5.41, 5.74) is 1.40. The highest BCUT2D eigenvalue weighted by Crippen LogP contribution is 2.26. The molecule has 0 bridgehead atoms. The number of rotatable bonds is 5. The zero-order valence-electron chi connectivity index (χ0n) is 19.0. The third-order valence-corrected chi connectivity index (χ3v) is 5.98. The Morgan fingerprint density at radius 1 is 1.03 bits per heavy atom. The summed E-state index contributed by atoms with van der Waals surface area (Å²) in [6.07, 6.45) is 5.11. The van der Waals surface area contributed by atoms with Gasteiger partial charge in [0.25, 0.3) is 0 Å². The molecule has 32 heavy (non-hydrogen) atoms. The van der Waals surface area contributed by atoms with E-state index in [1.54, 1.807) is 12.4 Å². The Morgan fingerprint density at radius 3 is 2.31 bits per heavy atom. The van der Waals surface area contributed by atoms with Crippen molar-refractivity contribution in [1.82, 2.24) is 15.1 Å². The first-order valence-corrected chi connectivity index (χ1v) is 11.2. The normalized spacial score (nSPS) is 17.6. The molecule has 1 N–H and O–H groups in total. The number of nitrogens with zero attached hydrogens (tertiary/aromatic N) is 4. The SMILES string of the molecule is CC(C)(C)C(=O)N1CCC(Oc2ccc(NC(=O)C3CN(c4ccnnc4)C3)cc2)CC1. The lowest BCUT2D eigenvalue weighted by Gasteiger charge is -2.39. The average Bonchev–Trinajstić information content (AvgIpc) is 2.74. The zero-order chi connectivity index (χ0) is 22.7. The summed E-state index contributed by atoms with van der Waals surface area (Å²) >= 11 is 0. The van der Waals surface area contributed by atoms with E-state index in [4.69, 9.17) is 4.74 Å². The highest BCUT2D eigenvalue weighted by Gasteiger charge is 2.33. The predicted molar refractivity (Wildman–Crippen MR) is 122 cm³/mol. The van der Waals surface area contributed by atoms with Gasteiger partial charge in [0.05, 0.1) is 24.0 Å². The molecule has 0 unspecified atom stereocenters. The van der Waals surface area contributed by atoms with Crippen LogP contribution in [-0.2, 0) is 9.59 Å². The summed E-state index contributed by atoms with van der Waals surface area (Å²) in [5, 5.41) is 10.6. The van der Waals surface area contributed by atoms with Crippen LogP contribution in [0.4, 0.5) is 11.4 Å². The molecule has 0 saturated carbocycles. The highest BCUT2D eigenvalue weighted by molar-refractivity contribution is 5.94. The van der Waals surface area contributed by atoms with Gasteiger partial charge in [-0.2, -0.15) is 10.2 Å². The molecule has 3 heterocycles. The number of aromatic nitrogens is 2. The van der Waals surface area contributed by atoms with Crippen molar-refractivity contribution in [1.29, 1.82) is 0 Å². The maximum Gasteiger partial charge on any atom is 0.231 e. The lowest BCUT2D eigenvalue weighted by molar-refractivity contribution is -0.141. The van der Waals surface area contributed by atoms with Crippen LogP contribution >= 0.6 is 0 Å². The van der Waals surface area contributed by atoms with Crippen molar-refractivity contribution >= 4 is 23.2 Å². The van der Waals surface area contributed by atoms with Crippen LogP contribution in [0.2, 0.25) is 0 Å². The second kappa shape index (κ2) is 9.14. The van der Waals surface area contributed by atoms with Gasteiger partial charge in [-0.05, 0) is 30.3 Å². The molecule has 0 radical (unpaired) electrons. The van der Waals surface area contributed by atoms with Gasteiger partial charge in [0.1, 0.15) is 11.9 Å². The summed E-state index contributed by atoms with van der Waals surface area (Å²) in [7, 11) is 0. The summed E-state index contributed by atoms with van der Waals surface area (Å²) in [4.78, 5) is 29.0. The second-order valence-electron chi connectivity index (χ2n) is 9.58. The fourth-order valence-corrected chi connectivity index (χ4v) is 4.03. The molecule has 2 fully saturated rings. The van der Waals surface area contributed by atoms with Gasteiger partial charge < -0.3 is 19.9 Å². The fourth-order valence-electron chi connectivity index (χ4n) is 4.03. The van der Waals surface area contributed by atoms with E-state index >= 15 is 0 Å². The molecule has 2 aliphatic heterocycles. The smallest absolute Gasteiger partial charge is 0.231 e. The maximum absolute atomic E-state index is 12.5. The highest BCUT2D eigenvalue weighted by atomic mass is 16.5. The lowest BCUT2D eigenvalue weighted by Crippen LogP contribution is -2.52. The summed E-state index contributed by atoms with van der Waals surface area (Å²) < 4.78 is 6.10. The number of ether oxygens (including phenoxy) is 1. The fraction of sp³-hybridized carbons (Fsp3) is 0.500. The number of benzene rings is 1. The van der Waals surface area contributed by atoms with Gasteiger partial charge in [0.2, 0.25) is 11.8 Å². The number of nitrogens with one attached hydrogen (secondary N) is 1.